The van der Waals surface area contributed by atoms with Crippen molar-refractivity contribution in [2.24, 2.45) is 9.98 Å². The van der Waals surface area contributed by atoms with Crippen LogP contribution in [0, 0.1) is 0 Å². The second-order valence-electron chi connectivity index (χ2n) is 7.76. The summed E-state index contributed by atoms with van der Waals surface area (Å²) in [7, 11) is 0. The van der Waals surface area contributed by atoms with Crippen molar-refractivity contribution in [1.82, 2.24) is 19.8 Å². The zero-order valence-electron chi connectivity index (χ0n) is 18.6. The Hall–Kier alpha value is -3.85. The van der Waals surface area contributed by atoms with E-state index in [1.807, 2.05) is 52.5 Å². The summed E-state index contributed by atoms with van der Waals surface area (Å²) >= 11 is 0. The van der Waals surface area contributed by atoms with E-state index in [1.165, 1.54) is 0 Å². The number of aliphatic hydroxyl groups is 1. The van der Waals surface area contributed by atoms with Crippen molar-refractivity contribution in [3.8, 4) is 0 Å². The van der Waals surface area contributed by atoms with E-state index >= 15 is 0 Å². The molecule has 1 saturated heterocycles. The summed E-state index contributed by atoms with van der Waals surface area (Å²) in [6.45, 7) is 8.56. The van der Waals surface area contributed by atoms with Gasteiger partial charge in [0.15, 0.2) is 5.82 Å². The van der Waals surface area contributed by atoms with Gasteiger partial charge in [-0.2, -0.15) is 0 Å². The molecule has 0 radical (unpaired) electrons. The molecule has 33 heavy (non-hydrogen) atoms. The number of aliphatic hydroxyl groups excluding tert-OH is 1. The predicted octanol–water partition coefficient (Wildman–Crippen LogP) is 2.02. The number of rotatable bonds is 6. The normalized spacial score (nSPS) is 16.6. The molecule has 9 heteroatoms. The zero-order valence-corrected chi connectivity index (χ0v) is 18.6. The van der Waals surface area contributed by atoms with E-state index in [0.717, 1.165) is 35.7 Å². The van der Waals surface area contributed by atoms with Gasteiger partial charge in [0.25, 0.3) is 0 Å². The number of benzene rings is 1. The van der Waals surface area contributed by atoms with Gasteiger partial charge in [0.1, 0.15) is 11.5 Å². The highest BCUT2D eigenvalue weighted by Crippen LogP contribution is 2.26. The lowest BCUT2D eigenvalue weighted by atomic mass is 10.1. The second-order valence-corrected chi connectivity index (χ2v) is 7.76. The smallest absolute Gasteiger partial charge is 0.219 e. The van der Waals surface area contributed by atoms with Crippen molar-refractivity contribution in [1.29, 1.82) is 0 Å². The molecule has 0 bridgehead atoms. The molecule has 3 heterocycles. The van der Waals surface area contributed by atoms with E-state index in [-0.39, 0.29) is 12.5 Å². The van der Waals surface area contributed by atoms with Crippen LogP contribution >= 0.6 is 0 Å². The summed E-state index contributed by atoms with van der Waals surface area (Å²) in [6, 6.07) is 9.51. The van der Waals surface area contributed by atoms with Gasteiger partial charge >= 0.3 is 0 Å². The number of amides is 1. The Labute approximate surface area is 193 Å². The third kappa shape index (κ3) is 5.15. The lowest BCUT2D eigenvalue weighted by Crippen LogP contribution is -2.48. The maximum absolute atomic E-state index is 11.6. The van der Waals surface area contributed by atoms with Crippen LogP contribution in [-0.4, -0.2) is 76.4 Å². The molecule has 0 spiro atoms. The molecular weight excluding hydrogens is 418 g/mol. The Balaban J connectivity index is 1.57. The van der Waals surface area contributed by atoms with E-state index in [4.69, 9.17) is 4.98 Å². The monoisotopic (exact) mass is 445 g/mol. The summed E-state index contributed by atoms with van der Waals surface area (Å²) in [5.41, 5.74) is 3.29. The molecule has 1 aromatic heterocycles. The van der Waals surface area contributed by atoms with E-state index < -0.39 is 0 Å². The Kier molecular flexibility index (Phi) is 6.89. The molecule has 1 N–H and O–H groups in total. The van der Waals surface area contributed by atoms with Crippen LogP contribution in [0.3, 0.4) is 0 Å². The Morgan fingerprint density at radius 3 is 2.61 bits per heavy atom. The number of hydrogen-bond donors (Lipinski definition) is 1. The van der Waals surface area contributed by atoms with Crippen molar-refractivity contribution in [2.75, 3.05) is 37.6 Å². The number of aromatic nitrogens is 2. The molecule has 0 saturated carbocycles. The van der Waals surface area contributed by atoms with Gasteiger partial charge in [0.05, 0.1) is 25.0 Å². The highest BCUT2D eigenvalue weighted by Gasteiger charge is 2.22. The lowest BCUT2D eigenvalue weighted by molar-refractivity contribution is -0.129. The summed E-state index contributed by atoms with van der Waals surface area (Å²) in [5, 5.41) is 9.28. The number of nitrogens with zero attached hydrogens (tertiary/aromatic N) is 7. The van der Waals surface area contributed by atoms with Crippen LogP contribution in [0.4, 0.5) is 5.82 Å². The van der Waals surface area contributed by atoms with E-state index in [1.54, 1.807) is 19.3 Å². The van der Waals surface area contributed by atoms with Crippen LogP contribution < -0.4 is 4.90 Å². The minimum Gasteiger partial charge on any atom is -0.392 e. The van der Waals surface area contributed by atoms with Crippen molar-refractivity contribution >= 4 is 36.1 Å². The van der Waals surface area contributed by atoms with Crippen LogP contribution in [0.25, 0.3) is 11.4 Å². The lowest BCUT2D eigenvalue weighted by Gasteiger charge is -2.35. The number of carbonyl (C=O) groups is 1. The maximum atomic E-state index is 11.6. The molecule has 9 nitrogen and oxygen atoms in total. The van der Waals surface area contributed by atoms with Gasteiger partial charge in [-0.15, -0.1) is 0 Å². The zero-order chi connectivity index (χ0) is 23.2. The number of anilines is 1. The Morgan fingerprint density at radius 1 is 1.18 bits per heavy atom. The predicted molar refractivity (Wildman–Crippen MR) is 130 cm³/mol. The van der Waals surface area contributed by atoms with E-state index in [0.29, 0.717) is 31.2 Å². The molecular formula is C24H27N7O2. The molecule has 1 fully saturated rings. The van der Waals surface area contributed by atoms with Gasteiger partial charge in [-0.3, -0.25) is 14.8 Å². The van der Waals surface area contributed by atoms with Crippen LogP contribution in [-0.2, 0) is 11.4 Å². The molecule has 0 atom stereocenters. The first-order valence-corrected chi connectivity index (χ1v) is 10.8. The SMILES string of the molecule is C=N/C=C(/c1nccc(N2CCN(C(C)=O)CC2)n1)N1C=C(c2ccc(CO)cc2)N=CC1. The summed E-state index contributed by atoms with van der Waals surface area (Å²) < 4.78 is 0. The molecule has 170 valence electrons. The highest BCUT2D eigenvalue weighted by molar-refractivity contribution is 5.80. The molecule has 4 rings (SSSR count). The van der Waals surface area contributed by atoms with E-state index in [9.17, 15) is 9.90 Å². The molecule has 2 aliphatic heterocycles. The molecule has 0 aliphatic carbocycles. The fraction of sp³-hybridized carbons (Fsp3) is 0.292. The first kappa shape index (κ1) is 22.3. The first-order valence-electron chi connectivity index (χ1n) is 10.8. The van der Waals surface area contributed by atoms with Crippen LogP contribution in [0.1, 0.15) is 23.9 Å². The Bertz CT molecular complexity index is 1100. The largest absolute Gasteiger partial charge is 0.392 e. The average Bonchev–Trinajstić information content (AvgIpc) is 2.87. The standard InChI is InChI=1S/C24H27N7O2/c1-18(33)29-11-13-30(14-12-29)23-7-8-27-24(28-23)22(15-25-2)31-10-9-26-21(16-31)20-5-3-19(17-32)4-6-20/h3-9,15-16,32H,2,10-14,17H2,1H3/b22-15-. The van der Waals surface area contributed by atoms with Gasteiger partial charge in [-0.25, -0.2) is 9.97 Å². The molecule has 1 amide bonds. The van der Waals surface area contributed by atoms with Crippen LogP contribution in [0.5, 0.6) is 0 Å². The van der Waals surface area contributed by atoms with Crippen LogP contribution in [0.15, 0.2) is 58.9 Å². The van der Waals surface area contributed by atoms with Gasteiger partial charge in [0, 0.05) is 57.3 Å². The number of hydrogen-bond acceptors (Lipinski definition) is 8. The van der Waals surface area contributed by atoms with Crippen molar-refractivity contribution < 1.29 is 9.90 Å². The molecule has 2 aliphatic rings. The topological polar surface area (TPSA) is 97.5 Å². The number of aliphatic imine (C=N–C) groups is 2. The van der Waals surface area contributed by atoms with Crippen LogP contribution in [0.2, 0.25) is 0 Å². The minimum atomic E-state index is 0.00406. The first-order chi connectivity index (χ1) is 16.1. The third-order valence-electron chi connectivity index (χ3n) is 5.66. The van der Waals surface area contributed by atoms with Gasteiger partial charge in [-0.1, -0.05) is 24.3 Å². The summed E-state index contributed by atoms with van der Waals surface area (Å²) in [5.74, 6) is 1.45. The number of piperazine rings is 1. The average molecular weight is 446 g/mol. The fourth-order valence-corrected chi connectivity index (χ4v) is 3.80. The number of carbonyl (C=O) groups excluding carboxylic acids is 1. The van der Waals surface area contributed by atoms with Gasteiger partial charge in [-0.05, 0) is 18.3 Å². The quantitative estimate of drug-likeness (QED) is 0.684. The van der Waals surface area contributed by atoms with Gasteiger partial charge in [0.2, 0.25) is 5.91 Å². The minimum absolute atomic E-state index is 0.00406. The fourth-order valence-electron chi connectivity index (χ4n) is 3.80. The van der Waals surface area contributed by atoms with Crippen molar-refractivity contribution in [3.63, 3.8) is 0 Å². The summed E-state index contributed by atoms with van der Waals surface area (Å²) in [6.07, 6.45) is 7.15. The molecule has 1 aromatic carbocycles. The Morgan fingerprint density at radius 2 is 1.94 bits per heavy atom. The van der Waals surface area contributed by atoms with E-state index in [2.05, 4.69) is 26.6 Å². The maximum Gasteiger partial charge on any atom is 0.219 e. The highest BCUT2D eigenvalue weighted by atomic mass is 16.3. The van der Waals surface area contributed by atoms with Crippen molar-refractivity contribution in [2.45, 2.75) is 13.5 Å². The molecule has 2 aromatic rings. The summed E-state index contributed by atoms with van der Waals surface area (Å²) in [4.78, 5) is 35.4. The third-order valence-corrected chi connectivity index (χ3v) is 5.66. The second kappa shape index (κ2) is 10.2. The molecule has 0 unspecified atom stereocenters. The van der Waals surface area contributed by atoms with Crippen molar-refractivity contribution in [3.05, 3.63) is 65.9 Å². The van der Waals surface area contributed by atoms with Gasteiger partial charge < -0.3 is 19.8 Å².